The maximum absolute atomic E-state index is 12.1. The van der Waals surface area contributed by atoms with Crippen LogP contribution >= 0.6 is 0 Å². The van der Waals surface area contributed by atoms with Crippen molar-refractivity contribution in [3.05, 3.63) is 19.6 Å². The maximum atomic E-state index is 12.1. The van der Waals surface area contributed by atoms with E-state index in [0.717, 1.165) is 38.7 Å². The Kier molecular flexibility index (Phi) is 5.14. The van der Waals surface area contributed by atoms with E-state index in [0.29, 0.717) is 0 Å². The van der Waals surface area contributed by atoms with Gasteiger partial charge in [0.25, 0.3) is 0 Å². The second-order valence-corrected chi connectivity index (χ2v) is 10.1. The summed E-state index contributed by atoms with van der Waals surface area (Å²) in [6.45, 7) is 12.6. The molecule has 0 amide bonds. The van der Waals surface area contributed by atoms with E-state index in [-0.39, 0.29) is 10.6 Å². The summed E-state index contributed by atoms with van der Waals surface area (Å²) in [5.41, 5.74) is 0. The first kappa shape index (κ1) is 14.6. The first-order valence-corrected chi connectivity index (χ1v) is 9.60. The summed E-state index contributed by atoms with van der Waals surface area (Å²) in [7, 11) is -2.10. The minimum Gasteiger partial charge on any atom is -0.378 e. The van der Waals surface area contributed by atoms with Crippen LogP contribution in [0.4, 0.5) is 0 Å². The molecule has 0 aromatic carbocycles. The number of rotatable bonds is 6. The molecule has 1 aliphatic heterocycles. The van der Waals surface area contributed by atoms with Crippen molar-refractivity contribution in [1.82, 2.24) is 0 Å². The summed E-state index contributed by atoms with van der Waals surface area (Å²) in [5, 5.41) is 0.0530. The Morgan fingerprint density at radius 3 is 2.65 bits per heavy atom. The molecule has 0 bridgehead atoms. The number of allylic oxidation sites excluding steroid dienone is 1. The molecule has 0 spiro atoms. The minimum atomic E-state index is -2.10. The van der Waals surface area contributed by atoms with Gasteiger partial charge in [0.2, 0.25) is 0 Å². The normalized spacial score (nSPS) is 25.6. The van der Waals surface area contributed by atoms with Crippen molar-refractivity contribution >= 4 is 13.5 Å². The van der Waals surface area contributed by atoms with Gasteiger partial charge in [0.15, 0.2) is 8.07 Å². The zero-order chi connectivity index (χ0) is 12.9. The zero-order valence-electron chi connectivity index (χ0n) is 11.3. The van der Waals surface area contributed by atoms with E-state index >= 15 is 0 Å². The molecule has 1 unspecified atom stereocenters. The average molecular weight is 253 g/mol. The lowest BCUT2D eigenvalue weighted by molar-refractivity contribution is -0.110. The predicted octanol–water partition coefficient (Wildman–Crippen LogP) is 3.47. The second-order valence-electron chi connectivity index (χ2n) is 5.45. The van der Waals surface area contributed by atoms with Gasteiger partial charge >= 0.3 is 0 Å². The largest absolute Gasteiger partial charge is 0.378 e. The maximum Gasteiger partial charge on any atom is 0.167 e. The molecule has 1 fully saturated rings. The fraction of sp³-hybridized carbons (Fsp3) is 0.714. The molecular weight excluding hydrogens is 228 g/mol. The SMILES string of the molecule is [CH2]CCCC1([Si](C)(C)C(=O)C=C)CCCCO1. The molecule has 17 heavy (non-hydrogen) atoms. The molecule has 1 atom stereocenters. The van der Waals surface area contributed by atoms with Crippen molar-refractivity contribution in [3.63, 3.8) is 0 Å². The van der Waals surface area contributed by atoms with Gasteiger partial charge < -0.3 is 9.53 Å². The van der Waals surface area contributed by atoms with Gasteiger partial charge in [-0.3, -0.25) is 0 Å². The number of carbonyl (C=O) groups is 1. The summed E-state index contributed by atoms with van der Waals surface area (Å²) in [6, 6.07) is 0. The van der Waals surface area contributed by atoms with E-state index in [4.69, 9.17) is 4.74 Å². The standard InChI is InChI=1S/C14H25O2Si/c1-5-7-10-14(11-8-9-12-16-14)17(3,4)13(15)6-2/h6H,1-2,5,7-12H2,3-4H3. The fourth-order valence-corrected chi connectivity index (χ4v) is 5.77. The van der Waals surface area contributed by atoms with Crippen LogP contribution in [0, 0.1) is 6.92 Å². The smallest absolute Gasteiger partial charge is 0.167 e. The lowest BCUT2D eigenvalue weighted by Crippen LogP contribution is -2.62. The quantitative estimate of drug-likeness (QED) is 0.535. The first-order valence-electron chi connectivity index (χ1n) is 6.60. The van der Waals surface area contributed by atoms with Crippen LogP contribution in [0.5, 0.6) is 0 Å². The van der Waals surface area contributed by atoms with Crippen LogP contribution in [0.2, 0.25) is 13.1 Å². The van der Waals surface area contributed by atoms with Gasteiger partial charge in [-0.15, -0.1) is 0 Å². The van der Waals surface area contributed by atoms with E-state index in [2.05, 4.69) is 26.6 Å². The third-order valence-corrected chi connectivity index (χ3v) is 8.48. The topological polar surface area (TPSA) is 26.3 Å². The minimum absolute atomic E-state index is 0.172. The van der Waals surface area contributed by atoms with E-state index in [9.17, 15) is 4.79 Å². The van der Waals surface area contributed by atoms with Crippen LogP contribution in [0.15, 0.2) is 12.7 Å². The van der Waals surface area contributed by atoms with Crippen LogP contribution in [0.3, 0.4) is 0 Å². The lowest BCUT2D eigenvalue weighted by atomic mass is 10.0. The lowest BCUT2D eigenvalue weighted by Gasteiger charge is -2.46. The van der Waals surface area contributed by atoms with Crippen LogP contribution < -0.4 is 0 Å². The van der Waals surface area contributed by atoms with Crippen LogP contribution in [-0.2, 0) is 9.53 Å². The Bertz CT molecular complexity index is 278. The van der Waals surface area contributed by atoms with Gasteiger partial charge in [0.1, 0.15) is 5.41 Å². The molecule has 2 nitrogen and oxygen atoms in total. The van der Waals surface area contributed by atoms with Crippen molar-refractivity contribution in [2.24, 2.45) is 0 Å². The number of unbranched alkanes of at least 4 members (excludes halogenated alkanes) is 1. The van der Waals surface area contributed by atoms with Crippen molar-refractivity contribution in [2.75, 3.05) is 6.61 Å². The number of ether oxygens (including phenoxy) is 1. The molecule has 0 aromatic heterocycles. The molecule has 1 rings (SSSR count). The molecular formula is C14H25O2Si. The molecule has 1 aliphatic rings. The number of carbonyl (C=O) groups excluding carboxylic acids is 1. The van der Waals surface area contributed by atoms with Gasteiger partial charge in [-0.2, -0.15) is 0 Å². The molecule has 0 saturated carbocycles. The third-order valence-electron chi connectivity index (χ3n) is 4.12. The fourth-order valence-electron chi connectivity index (χ4n) is 2.75. The highest BCUT2D eigenvalue weighted by atomic mass is 28.3. The predicted molar refractivity (Wildman–Crippen MR) is 74.4 cm³/mol. The van der Waals surface area contributed by atoms with Gasteiger partial charge in [0, 0.05) is 6.61 Å². The molecule has 97 valence electrons. The summed E-state index contributed by atoms with van der Waals surface area (Å²) in [4.78, 5) is 12.1. The Morgan fingerprint density at radius 1 is 1.47 bits per heavy atom. The Balaban J connectivity index is 2.94. The highest BCUT2D eigenvalue weighted by Crippen LogP contribution is 2.38. The van der Waals surface area contributed by atoms with Gasteiger partial charge in [-0.1, -0.05) is 39.4 Å². The van der Waals surface area contributed by atoms with Gasteiger partial charge in [-0.25, -0.2) is 0 Å². The van der Waals surface area contributed by atoms with Crippen molar-refractivity contribution < 1.29 is 9.53 Å². The monoisotopic (exact) mass is 253 g/mol. The highest BCUT2D eigenvalue weighted by Gasteiger charge is 2.51. The summed E-state index contributed by atoms with van der Waals surface area (Å²) < 4.78 is 6.12. The Labute approximate surface area is 106 Å². The Hall–Kier alpha value is -0.413. The Morgan fingerprint density at radius 2 is 2.18 bits per heavy atom. The van der Waals surface area contributed by atoms with Crippen LogP contribution in [-0.4, -0.2) is 25.3 Å². The van der Waals surface area contributed by atoms with Crippen LogP contribution in [0.25, 0.3) is 0 Å². The van der Waals surface area contributed by atoms with E-state index in [1.807, 2.05) is 0 Å². The van der Waals surface area contributed by atoms with Gasteiger partial charge in [0.05, 0.1) is 5.22 Å². The molecule has 0 N–H and O–H groups in total. The van der Waals surface area contributed by atoms with Crippen molar-refractivity contribution in [1.29, 1.82) is 0 Å². The average Bonchev–Trinajstić information content (AvgIpc) is 2.36. The molecule has 0 aliphatic carbocycles. The third kappa shape index (κ3) is 2.88. The first-order chi connectivity index (χ1) is 8.00. The summed E-state index contributed by atoms with van der Waals surface area (Å²) in [6.07, 6.45) is 7.77. The van der Waals surface area contributed by atoms with Crippen molar-refractivity contribution in [3.8, 4) is 0 Å². The van der Waals surface area contributed by atoms with E-state index in [1.54, 1.807) is 0 Å². The summed E-state index contributed by atoms with van der Waals surface area (Å²) in [5.74, 6) is 0. The van der Waals surface area contributed by atoms with Crippen molar-refractivity contribution in [2.45, 2.75) is 56.8 Å². The highest BCUT2D eigenvalue weighted by molar-refractivity contribution is 7.07. The number of hydrogen-bond donors (Lipinski definition) is 0. The van der Waals surface area contributed by atoms with E-state index < -0.39 is 8.07 Å². The molecule has 1 heterocycles. The number of hydrogen-bond acceptors (Lipinski definition) is 2. The molecule has 3 heteroatoms. The zero-order valence-corrected chi connectivity index (χ0v) is 12.3. The van der Waals surface area contributed by atoms with E-state index in [1.165, 1.54) is 12.5 Å². The molecule has 1 radical (unpaired) electrons. The van der Waals surface area contributed by atoms with Crippen LogP contribution in [0.1, 0.15) is 38.5 Å². The summed E-state index contributed by atoms with van der Waals surface area (Å²) >= 11 is 0. The molecule has 1 saturated heterocycles. The van der Waals surface area contributed by atoms with Gasteiger partial charge in [-0.05, 0) is 31.8 Å². The second kappa shape index (κ2) is 5.96. The molecule has 0 aromatic rings.